The van der Waals surface area contributed by atoms with Crippen molar-refractivity contribution in [2.75, 3.05) is 18.8 Å². The van der Waals surface area contributed by atoms with Gasteiger partial charge in [-0.3, -0.25) is 14.7 Å². The zero-order chi connectivity index (χ0) is 11.5. The fourth-order valence-corrected chi connectivity index (χ4v) is 2.51. The predicted octanol–water partition coefficient (Wildman–Crippen LogP) is 2.61. The first-order chi connectivity index (χ1) is 7.72. The van der Waals surface area contributed by atoms with Crippen LogP contribution in [0.25, 0.3) is 0 Å². The summed E-state index contributed by atoms with van der Waals surface area (Å²) in [4.78, 5) is 18.0. The van der Waals surface area contributed by atoms with Gasteiger partial charge in [0.15, 0.2) is 15.6 Å². The highest BCUT2D eigenvalue weighted by Gasteiger charge is 2.26. The minimum atomic E-state index is -0.122. The quantitative estimate of drug-likeness (QED) is 0.843. The van der Waals surface area contributed by atoms with Crippen molar-refractivity contribution in [3.63, 3.8) is 0 Å². The molecule has 0 aliphatic carbocycles. The highest BCUT2D eigenvalue weighted by molar-refractivity contribution is 9.10. The molecule has 0 bridgehead atoms. The largest absolute Gasteiger partial charge is 0.444 e. The van der Waals surface area contributed by atoms with Crippen molar-refractivity contribution < 1.29 is 9.21 Å². The lowest BCUT2D eigenvalue weighted by Crippen LogP contribution is -2.32. The molecule has 2 rings (SSSR count). The first-order valence-corrected chi connectivity index (χ1v) is 6.74. The van der Waals surface area contributed by atoms with E-state index in [2.05, 4.69) is 20.9 Å². The molecule has 86 valence electrons. The summed E-state index contributed by atoms with van der Waals surface area (Å²) in [6.45, 7) is 3.35. The van der Waals surface area contributed by atoms with E-state index < -0.39 is 0 Å². The summed E-state index contributed by atoms with van der Waals surface area (Å²) in [6, 6.07) is 3.38. The molecule has 1 amide bonds. The van der Waals surface area contributed by atoms with Gasteiger partial charge in [-0.05, 0) is 33.8 Å². The highest BCUT2D eigenvalue weighted by Crippen LogP contribution is 2.20. The lowest BCUT2D eigenvalue weighted by Gasteiger charge is -2.15. The standard InChI is InChI=1S/C10H11BrN2O2S/c1-2-16-10-12-5-6-13(10)9(14)7-3-4-8(11)15-7/h3-4H,2,5-6H2,1H3. The molecule has 1 aliphatic heterocycles. The number of hydrogen-bond donors (Lipinski definition) is 0. The molecule has 4 nitrogen and oxygen atoms in total. The molecule has 0 atom stereocenters. The van der Waals surface area contributed by atoms with E-state index >= 15 is 0 Å². The van der Waals surface area contributed by atoms with Crippen LogP contribution in [0.2, 0.25) is 0 Å². The summed E-state index contributed by atoms with van der Waals surface area (Å²) < 4.78 is 5.81. The molecule has 0 spiro atoms. The van der Waals surface area contributed by atoms with Gasteiger partial charge in [0.1, 0.15) is 0 Å². The monoisotopic (exact) mass is 302 g/mol. The summed E-state index contributed by atoms with van der Waals surface area (Å²) in [7, 11) is 0. The molecule has 0 radical (unpaired) electrons. The maximum atomic E-state index is 12.1. The molecule has 6 heteroatoms. The Labute approximate surface area is 106 Å². The van der Waals surface area contributed by atoms with E-state index in [9.17, 15) is 4.79 Å². The van der Waals surface area contributed by atoms with Gasteiger partial charge >= 0.3 is 0 Å². The number of furan rings is 1. The Morgan fingerprint density at radius 1 is 1.69 bits per heavy atom. The van der Waals surface area contributed by atoms with Gasteiger partial charge in [0.2, 0.25) is 0 Å². The summed E-state index contributed by atoms with van der Waals surface area (Å²) >= 11 is 4.76. The number of amides is 1. The van der Waals surface area contributed by atoms with Crippen LogP contribution in [0, 0.1) is 0 Å². The molecule has 1 aromatic rings. The number of halogens is 1. The highest BCUT2D eigenvalue weighted by atomic mass is 79.9. The maximum absolute atomic E-state index is 12.1. The summed E-state index contributed by atoms with van der Waals surface area (Å²) in [5.41, 5.74) is 0. The van der Waals surface area contributed by atoms with E-state index in [-0.39, 0.29) is 5.91 Å². The van der Waals surface area contributed by atoms with Crippen LogP contribution < -0.4 is 0 Å². The van der Waals surface area contributed by atoms with Crippen molar-refractivity contribution in [3.05, 3.63) is 22.6 Å². The average Bonchev–Trinajstić information content (AvgIpc) is 2.87. The van der Waals surface area contributed by atoms with Crippen molar-refractivity contribution in [1.29, 1.82) is 0 Å². The molecule has 2 heterocycles. The van der Waals surface area contributed by atoms with E-state index in [4.69, 9.17) is 4.42 Å². The van der Waals surface area contributed by atoms with Crippen LogP contribution in [-0.2, 0) is 0 Å². The first kappa shape index (κ1) is 11.7. The molecule has 1 aromatic heterocycles. The Morgan fingerprint density at radius 2 is 2.50 bits per heavy atom. The van der Waals surface area contributed by atoms with Crippen LogP contribution in [0.15, 0.2) is 26.2 Å². The molecule has 0 aromatic carbocycles. The van der Waals surface area contributed by atoms with E-state index in [1.54, 1.807) is 28.8 Å². The first-order valence-electron chi connectivity index (χ1n) is 4.97. The molecular weight excluding hydrogens is 292 g/mol. The third kappa shape index (κ3) is 2.32. The van der Waals surface area contributed by atoms with Crippen LogP contribution in [-0.4, -0.2) is 34.8 Å². The average molecular weight is 303 g/mol. The van der Waals surface area contributed by atoms with Crippen LogP contribution >= 0.6 is 27.7 Å². The SMILES string of the molecule is CCSC1=NCCN1C(=O)c1ccc(Br)o1. The predicted molar refractivity (Wildman–Crippen MR) is 67.9 cm³/mol. The second kappa shape index (κ2) is 5.05. The molecule has 0 N–H and O–H groups in total. The molecule has 16 heavy (non-hydrogen) atoms. The molecule has 0 fully saturated rings. The maximum Gasteiger partial charge on any atom is 0.295 e. The van der Waals surface area contributed by atoms with Crippen molar-refractivity contribution in [1.82, 2.24) is 4.90 Å². The number of carbonyl (C=O) groups is 1. The van der Waals surface area contributed by atoms with Crippen molar-refractivity contribution in [2.45, 2.75) is 6.92 Å². The third-order valence-electron chi connectivity index (χ3n) is 2.10. The van der Waals surface area contributed by atoms with Gasteiger partial charge in [0.25, 0.3) is 5.91 Å². The number of nitrogens with zero attached hydrogens (tertiary/aromatic N) is 2. The minimum absolute atomic E-state index is 0.122. The van der Waals surface area contributed by atoms with Gasteiger partial charge in [0, 0.05) is 6.54 Å². The van der Waals surface area contributed by atoms with Crippen LogP contribution in [0.5, 0.6) is 0 Å². The zero-order valence-electron chi connectivity index (χ0n) is 8.77. The van der Waals surface area contributed by atoms with Gasteiger partial charge in [-0.15, -0.1) is 0 Å². The Kier molecular flexibility index (Phi) is 3.70. The molecule has 0 saturated heterocycles. The number of amidine groups is 1. The Morgan fingerprint density at radius 3 is 3.12 bits per heavy atom. The smallest absolute Gasteiger partial charge is 0.295 e. The minimum Gasteiger partial charge on any atom is -0.444 e. The van der Waals surface area contributed by atoms with Gasteiger partial charge in [-0.25, -0.2) is 0 Å². The lowest BCUT2D eigenvalue weighted by molar-refractivity contribution is 0.0829. The van der Waals surface area contributed by atoms with Gasteiger partial charge < -0.3 is 4.42 Å². The second-order valence-corrected chi connectivity index (χ2v) is 5.17. The van der Waals surface area contributed by atoms with E-state index in [0.717, 1.165) is 10.9 Å². The second-order valence-electron chi connectivity index (χ2n) is 3.16. The fraction of sp³-hybridized carbons (Fsp3) is 0.400. The van der Waals surface area contributed by atoms with Crippen molar-refractivity contribution in [2.24, 2.45) is 4.99 Å². The topological polar surface area (TPSA) is 45.8 Å². The Hall–Kier alpha value is -0.750. The molecule has 0 saturated carbocycles. The van der Waals surface area contributed by atoms with Crippen LogP contribution in [0.3, 0.4) is 0 Å². The number of thioether (sulfide) groups is 1. The van der Waals surface area contributed by atoms with Gasteiger partial charge in [-0.2, -0.15) is 0 Å². The van der Waals surface area contributed by atoms with E-state index in [1.807, 2.05) is 6.92 Å². The van der Waals surface area contributed by atoms with E-state index in [1.165, 1.54) is 0 Å². The normalized spacial score (nSPS) is 15.4. The van der Waals surface area contributed by atoms with Crippen LogP contribution in [0.4, 0.5) is 0 Å². The number of rotatable bonds is 2. The molecule has 1 aliphatic rings. The lowest BCUT2D eigenvalue weighted by atomic mass is 10.4. The summed E-state index contributed by atoms with van der Waals surface area (Å²) in [5.74, 6) is 1.13. The number of hydrogen-bond acceptors (Lipinski definition) is 4. The fourth-order valence-electron chi connectivity index (χ4n) is 1.43. The summed E-state index contributed by atoms with van der Waals surface area (Å²) in [5, 5.41) is 0.792. The number of carbonyl (C=O) groups excluding carboxylic acids is 1. The van der Waals surface area contributed by atoms with E-state index in [0.29, 0.717) is 23.5 Å². The Bertz CT molecular complexity index is 430. The van der Waals surface area contributed by atoms with Crippen molar-refractivity contribution in [3.8, 4) is 0 Å². The molecular formula is C10H11BrN2O2S. The molecule has 0 unspecified atom stereocenters. The third-order valence-corrected chi connectivity index (χ3v) is 3.43. The van der Waals surface area contributed by atoms with Gasteiger partial charge in [0.05, 0.1) is 6.54 Å². The summed E-state index contributed by atoms with van der Waals surface area (Å²) in [6.07, 6.45) is 0. The number of aliphatic imine (C=N–C) groups is 1. The van der Waals surface area contributed by atoms with Crippen LogP contribution in [0.1, 0.15) is 17.5 Å². The zero-order valence-corrected chi connectivity index (χ0v) is 11.2. The van der Waals surface area contributed by atoms with Crippen molar-refractivity contribution >= 4 is 38.8 Å². The van der Waals surface area contributed by atoms with Gasteiger partial charge in [-0.1, -0.05) is 18.7 Å². The Balaban J connectivity index is 2.13.